The Kier molecular flexibility index (Phi) is 2.76. The number of hydrogen-bond acceptors (Lipinski definition) is 4. The quantitative estimate of drug-likeness (QED) is 0.896. The van der Waals surface area contributed by atoms with Crippen LogP contribution in [0.1, 0.15) is 11.3 Å². The molecule has 0 unspecified atom stereocenters. The minimum Gasteiger partial charge on any atom is -0.454 e. The van der Waals surface area contributed by atoms with Crippen molar-refractivity contribution in [1.82, 2.24) is 10.2 Å². The van der Waals surface area contributed by atoms with Gasteiger partial charge in [0.05, 0.1) is 16.9 Å². The van der Waals surface area contributed by atoms with Crippen molar-refractivity contribution in [2.24, 2.45) is 0 Å². The molecular weight excluding hydrogens is 254 g/mol. The number of aryl methyl sites for hydroxylation is 1. The minimum absolute atomic E-state index is 0.246. The Bertz CT molecular complexity index is 583. The molecule has 2 aromatic rings. The zero-order chi connectivity index (χ0) is 12.5. The third-order valence-electron chi connectivity index (χ3n) is 2.87. The SMILES string of the molecule is Cc1[nH]ncc1CNc1cc2c(cc1Cl)OCO2. The fraction of sp³-hybridized carbons (Fsp3) is 0.250. The number of rotatable bonds is 3. The second-order valence-corrected chi connectivity index (χ2v) is 4.47. The minimum atomic E-state index is 0.246. The maximum atomic E-state index is 6.17. The lowest BCUT2D eigenvalue weighted by Crippen LogP contribution is -2.00. The summed E-state index contributed by atoms with van der Waals surface area (Å²) in [5, 5.41) is 10.7. The number of nitrogens with one attached hydrogen (secondary N) is 2. The van der Waals surface area contributed by atoms with E-state index in [0.29, 0.717) is 23.1 Å². The van der Waals surface area contributed by atoms with Crippen molar-refractivity contribution in [3.63, 3.8) is 0 Å². The van der Waals surface area contributed by atoms with Gasteiger partial charge in [-0.15, -0.1) is 0 Å². The highest BCUT2D eigenvalue weighted by atomic mass is 35.5. The fourth-order valence-corrected chi connectivity index (χ4v) is 2.02. The van der Waals surface area contributed by atoms with Gasteiger partial charge in [-0.3, -0.25) is 5.10 Å². The number of aromatic amines is 1. The van der Waals surface area contributed by atoms with Crippen molar-refractivity contribution in [2.75, 3.05) is 12.1 Å². The number of fused-ring (bicyclic) bond motifs is 1. The van der Waals surface area contributed by atoms with Crippen molar-refractivity contribution < 1.29 is 9.47 Å². The van der Waals surface area contributed by atoms with Crippen LogP contribution in [-0.2, 0) is 6.54 Å². The van der Waals surface area contributed by atoms with Gasteiger partial charge in [0.2, 0.25) is 6.79 Å². The molecule has 0 atom stereocenters. The summed E-state index contributed by atoms with van der Waals surface area (Å²) in [6, 6.07) is 3.61. The highest BCUT2D eigenvalue weighted by Crippen LogP contribution is 2.39. The third-order valence-corrected chi connectivity index (χ3v) is 3.18. The Morgan fingerprint density at radius 2 is 2.17 bits per heavy atom. The van der Waals surface area contributed by atoms with E-state index in [0.717, 1.165) is 16.9 Å². The van der Waals surface area contributed by atoms with Crippen LogP contribution in [0.2, 0.25) is 5.02 Å². The van der Waals surface area contributed by atoms with Crippen molar-refractivity contribution in [3.8, 4) is 11.5 Å². The molecule has 2 heterocycles. The summed E-state index contributed by atoms with van der Waals surface area (Å²) in [5.74, 6) is 1.40. The number of halogens is 1. The lowest BCUT2D eigenvalue weighted by molar-refractivity contribution is 0.174. The van der Waals surface area contributed by atoms with Crippen molar-refractivity contribution in [1.29, 1.82) is 0 Å². The van der Waals surface area contributed by atoms with Crippen molar-refractivity contribution in [2.45, 2.75) is 13.5 Å². The lowest BCUT2D eigenvalue weighted by atomic mass is 10.2. The van der Waals surface area contributed by atoms with Gasteiger partial charge >= 0.3 is 0 Å². The number of benzene rings is 1. The topological polar surface area (TPSA) is 59.2 Å². The first-order chi connectivity index (χ1) is 8.74. The second kappa shape index (κ2) is 4.42. The van der Waals surface area contributed by atoms with Gasteiger partial charge in [0.15, 0.2) is 11.5 Å². The Morgan fingerprint density at radius 1 is 1.39 bits per heavy atom. The maximum absolute atomic E-state index is 6.17. The summed E-state index contributed by atoms with van der Waals surface area (Å²) in [5.41, 5.74) is 2.96. The van der Waals surface area contributed by atoms with Crippen LogP contribution >= 0.6 is 11.6 Å². The van der Waals surface area contributed by atoms with Gasteiger partial charge in [-0.1, -0.05) is 11.6 Å². The Hall–Kier alpha value is -1.88. The molecule has 1 aromatic carbocycles. The van der Waals surface area contributed by atoms with Crippen LogP contribution in [-0.4, -0.2) is 17.0 Å². The van der Waals surface area contributed by atoms with E-state index in [9.17, 15) is 0 Å². The Labute approximate surface area is 109 Å². The lowest BCUT2D eigenvalue weighted by Gasteiger charge is -2.09. The number of aromatic nitrogens is 2. The summed E-state index contributed by atoms with van der Waals surface area (Å²) in [6.45, 7) is 2.88. The van der Waals surface area contributed by atoms with Gasteiger partial charge in [0.25, 0.3) is 0 Å². The number of anilines is 1. The third kappa shape index (κ3) is 1.97. The number of nitrogens with zero attached hydrogens (tertiary/aromatic N) is 1. The van der Waals surface area contributed by atoms with E-state index in [4.69, 9.17) is 21.1 Å². The van der Waals surface area contributed by atoms with Gasteiger partial charge < -0.3 is 14.8 Å². The first-order valence-electron chi connectivity index (χ1n) is 5.56. The molecule has 0 radical (unpaired) electrons. The molecule has 0 amide bonds. The standard InChI is InChI=1S/C12H12ClN3O2/c1-7-8(5-15-16-7)4-14-10-3-12-11(2-9(10)13)17-6-18-12/h2-3,5,14H,4,6H2,1H3,(H,15,16). The largest absolute Gasteiger partial charge is 0.454 e. The molecule has 0 fully saturated rings. The van der Waals surface area contributed by atoms with Gasteiger partial charge in [-0.2, -0.15) is 5.10 Å². The molecule has 2 N–H and O–H groups in total. The molecule has 5 nitrogen and oxygen atoms in total. The zero-order valence-corrected chi connectivity index (χ0v) is 10.5. The average molecular weight is 266 g/mol. The van der Waals surface area contributed by atoms with E-state index in [2.05, 4.69) is 15.5 Å². The smallest absolute Gasteiger partial charge is 0.231 e. The molecule has 18 heavy (non-hydrogen) atoms. The summed E-state index contributed by atoms with van der Waals surface area (Å²) in [4.78, 5) is 0. The number of hydrogen-bond donors (Lipinski definition) is 2. The van der Waals surface area contributed by atoms with E-state index in [1.165, 1.54) is 0 Å². The average Bonchev–Trinajstić information content (AvgIpc) is 2.95. The van der Waals surface area contributed by atoms with Gasteiger partial charge in [0, 0.05) is 29.9 Å². The zero-order valence-electron chi connectivity index (χ0n) is 9.79. The van der Waals surface area contributed by atoms with Crippen LogP contribution in [0.3, 0.4) is 0 Å². The molecule has 1 aliphatic rings. The highest BCUT2D eigenvalue weighted by Gasteiger charge is 2.16. The molecule has 1 aromatic heterocycles. The van der Waals surface area contributed by atoms with E-state index in [-0.39, 0.29) is 6.79 Å². The predicted octanol–water partition coefficient (Wildman–Crippen LogP) is 2.71. The monoisotopic (exact) mass is 265 g/mol. The fourth-order valence-electron chi connectivity index (χ4n) is 1.80. The van der Waals surface area contributed by atoms with E-state index < -0.39 is 0 Å². The Balaban J connectivity index is 1.79. The molecule has 0 saturated heterocycles. The summed E-state index contributed by atoms with van der Waals surface area (Å²) in [7, 11) is 0. The number of H-pyrrole nitrogens is 1. The molecule has 0 spiro atoms. The molecule has 3 rings (SSSR count). The second-order valence-electron chi connectivity index (χ2n) is 4.06. The van der Waals surface area contributed by atoms with Crippen LogP contribution in [0.15, 0.2) is 18.3 Å². The highest BCUT2D eigenvalue weighted by molar-refractivity contribution is 6.33. The van der Waals surface area contributed by atoms with E-state index >= 15 is 0 Å². The van der Waals surface area contributed by atoms with Crippen LogP contribution in [0.5, 0.6) is 11.5 Å². The maximum Gasteiger partial charge on any atom is 0.231 e. The van der Waals surface area contributed by atoms with E-state index in [1.807, 2.05) is 13.0 Å². The number of ether oxygens (including phenoxy) is 2. The van der Waals surface area contributed by atoms with Gasteiger partial charge in [-0.25, -0.2) is 0 Å². The van der Waals surface area contributed by atoms with Crippen LogP contribution < -0.4 is 14.8 Å². The molecule has 0 bridgehead atoms. The first-order valence-corrected chi connectivity index (χ1v) is 5.93. The van der Waals surface area contributed by atoms with E-state index in [1.54, 1.807) is 12.3 Å². The molecule has 0 saturated carbocycles. The van der Waals surface area contributed by atoms with Gasteiger partial charge in [-0.05, 0) is 6.92 Å². The van der Waals surface area contributed by atoms with Crippen LogP contribution in [0, 0.1) is 6.92 Å². The predicted molar refractivity (Wildman–Crippen MR) is 68.2 cm³/mol. The summed E-state index contributed by atoms with van der Waals surface area (Å²) < 4.78 is 10.6. The summed E-state index contributed by atoms with van der Waals surface area (Å²) >= 11 is 6.17. The molecular formula is C12H12ClN3O2. The summed E-state index contributed by atoms with van der Waals surface area (Å²) in [6.07, 6.45) is 1.79. The molecule has 94 valence electrons. The normalized spacial score (nSPS) is 12.8. The van der Waals surface area contributed by atoms with Gasteiger partial charge in [0.1, 0.15) is 0 Å². The Morgan fingerprint density at radius 3 is 2.89 bits per heavy atom. The van der Waals surface area contributed by atoms with Crippen molar-refractivity contribution >= 4 is 17.3 Å². The molecule has 0 aliphatic carbocycles. The van der Waals surface area contributed by atoms with Crippen LogP contribution in [0.4, 0.5) is 5.69 Å². The van der Waals surface area contributed by atoms with Crippen LogP contribution in [0.25, 0.3) is 0 Å². The molecule has 1 aliphatic heterocycles. The van der Waals surface area contributed by atoms with Crippen molar-refractivity contribution in [3.05, 3.63) is 34.6 Å². The molecule has 6 heteroatoms. The first kappa shape index (κ1) is 11.2.